The van der Waals surface area contributed by atoms with E-state index in [0.29, 0.717) is 30.3 Å². The molecule has 0 spiro atoms. The Kier molecular flexibility index (Phi) is 4.61. The first-order chi connectivity index (χ1) is 11.5. The summed E-state index contributed by atoms with van der Waals surface area (Å²) in [6.07, 6.45) is 1.49. The lowest BCUT2D eigenvalue weighted by Crippen LogP contribution is -2.29. The lowest BCUT2D eigenvalue weighted by molar-refractivity contribution is 0.0794. The van der Waals surface area contributed by atoms with E-state index in [9.17, 15) is 9.59 Å². The molecule has 1 N–H and O–H groups in total. The number of likely N-dealkylation sites (tertiary alicyclic amines) is 1. The molecule has 9 heteroatoms. The Morgan fingerprint density at radius 1 is 1.50 bits per heavy atom. The first-order valence-electron chi connectivity index (χ1n) is 7.88. The Morgan fingerprint density at radius 3 is 3.00 bits per heavy atom. The number of aromatic nitrogens is 4. The third-order valence-corrected chi connectivity index (χ3v) is 4.91. The zero-order valence-corrected chi connectivity index (χ0v) is 14.8. The lowest BCUT2D eigenvalue weighted by Gasteiger charge is -2.17. The van der Waals surface area contributed by atoms with Gasteiger partial charge < -0.3 is 9.80 Å². The van der Waals surface area contributed by atoms with Crippen molar-refractivity contribution in [3.63, 3.8) is 0 Å². The van der Waals surface area contributed by atoms with Crippen LogP contribution in [0.15, 0.2) is 10.9 Å². The number of carbonyl (C=O) groups excluding carboxylic acids is 1. The molecule has 128 valence electrons. The molecule has 2 aromatic heterocycles. The highest BCUT2D eigenvalue weighted by Crippen LogP contribution is 2.28. The van der Waals surface area contributed by atoms with E-state index in [-0.39, 0.29) is 17.4 Å². The molecule has 0 radical (unpaired) electrons. The number of hydrogen-bond acceptors (Lipinski definition) is 7. The van der Waals surface area contributed by atoms with Gasteiger partial charge in [0.15, 0.2) is 0 Å². The molecule has 1 atom stereocenters. The SMILES string of the molecule is CCc1nnsc1C(=O)N1CCC(c2cc(=O)[nH]c(N(C)C)n2)C1. The van der Waals surface area contributed by atoms with Gasteiger partial charge in [-0.15, -0.1) is 5.10 Å². The molecule has 1 fully saturated rings. The monoisotopic (exact) mass is 348 g/mol. The summed E-state index contributed by atoms with van der Waals surface area (Å²) in [5, 5.41) is 4.00. The molecular weight excluding hydrogens is 328 g/mol. The number of hydrogen-bond donors (Lipinski definition) is 1. The van der Waals surface area contributed by atoms with Gasteiger partial charge in [-0.25, -0.2) is 4.98 Å². The summed E-state index contributed by atoms with van der Waals surface area (Å²) >= 11 is 1.15. The van der Waals surface area contributed by atoms with Crippen molar-refractivity contribution in [2.45, 2.75) is 25.7 Å². The topological polar surface area (TPSA) is 95.1 Å². The smallest absolute Gasteiger partial charge is 0.267 e. The number of carbonyl (C=O) groups is 1. The predicted molar refractivity (Wildman–Crippen MR) is 91.7 cm³/mol. The number of nitrogens with zero attached hydrogens (tertiary/aromatic N) is 5. The molecule has 1 aliphatic rings. The fourth-order valence-electron chi connectivity index (χ4n) is 2.82. The van der Waals surface area contributed by atoms with Crippen molar-refractivity contribution in [3.05, 3.63) is 32.7 Å². The van der Waals surface area contributed by atoms with Crippen molar-refractivity contribution in [1.29, 1.82) is 0 Å². The molecule has 3 heterocycles. The number of rotatable bonds is 4. The van der Waals surface area contributed by atoms with Gasteiger partial charge >= 0.3 is 0 Å². The molecule has 3 rings (SSSR count). The number of aromatic amines is 1. The van der Waals surface area contributed by atoms with Crippen LogP contribution >= 0.6 is 11.5 Å². The van der Waals surface area contributed by atoms with E-state index in [0.717, 1.165) is 29.3 Å². The van der Waals surface area contributed by atoms with Crippen molar-refractivity contribution >= 4 is 23.4 Å². The molecule has 1 unspecified atom stereocenters. The normalized spacial score (nSPS) is 17.3. The van der Waals surface area contributed by atoms with Crippen LogP contribution in [0.3, 0.4) is 0 Å². The highest BCUT2D eigenvalue weighted by molar-refractivity contribution is 7.08. The summed E-state index contributed by atoms with van der Waals surface area (Å²) in [7, 11) is 3.66. The maximum atomic E-state index is 12.7. The molecule has 0 aliphatic carbocycles. The van der Waals surface area contributed by atoms with E-state index in [1.54, 1.807) is 9.80 Å². The fourth-order valence-corrected chi connectivity index (χ4v) is 3.53. The predicted octanol–water partition coefficient (Wildman–Crippen LogP) is 0.879. The van der Waals surface area contributed by atoms with Gasteiger partial charge in [0.05, 0.1) is 11.4 Å². The molecule has 2 aromatic rings. The van der Waals surface area contributed by atoms with E-state index in [2.05, 4.69) is 19.6 Å². The second-order valence-electron chi connectivity index (χ2n) is 6.03. The first-order valence-corrected chi connectivity index (χ1v) is 8.66. The standard InChI is InChI=1S/C15H20N6O2S/c1-4-10-13(24-19-18-10)14(23)21-6-5-9(8-21)11-7-12(22)17-15(16-11)20(2)3/h7,9H,4-6,8H2,1-3H3,(H,16,17,22). The van der Waals surface area contributed by atoms with Crippen molar-refractivity contribution < 1.29 is 4.79 Å². The third kappa shape index (κ3) is 3.16. The summed E-state index contributed by atoms with van der Waals surface area (Å²) in [6, 6.07) is 1.53. The summed E-state index contributed by atoms with van der Waals surface area (Å²) in [5.41, 5.74) is 1.31. The van der Waals surface area contributed by atoms with Gasteiger partial charge in [-0.05, 0) is 24.4 Å². The molecular formula is C15H20N6O2S. The van der Waals surface area contributed by atoms with Gasteiger partial charge in [0, 0.05) is 39.2 Å². The van der Waals surface area contributed by atoms with Gasteiger partial charge in [0.2, 0.25) is 5.95 Å². The van der Waals surface area contributed by atoms with Crippen LogP contribution < -0.4 is 10.5 Å². The highest BCUT2D eigenvalue weighted by Gasteiger charge is 2.31. The third-order valence-electron chi connectivity index (χ3n) is 4.15. The quantitative estimate of drug-likeness (QED) is 0.881. The van der Waals surface area contributed by atoms with Crippen LogP contribution in [0.4, 0.5) is 5.95 Å². The maximum absolute atomic E-state index is 12.7. The van der Waals surface area contributed by atoms with Gasteiger partial charge in [-0.2, -0.15) is 0 Å². The van der Waals surface area contributed by atoms with Crippen LogP contribution in [0.1, 0.15) is 40.3 Å². The van der Waals surface area contributed by atoms with Gasteiger partial charge in [0.25, 0.3) is 11.5 Å². The molecule has 0 saturated carbocycles. The summed E-state index contributed by atoms with van der Waals surface area (Å²) < 4.78 is 3.89. The minimum Gasteiger partial charge on any atom is -0.348 e. The van der Waals surface area contributed by atoms with E-state index in [1.165, 1.54) is 6.07 Å². The van der Waals surface area contributed by atoms with Crippen molar-refractivity contribution in [2.24, 2.45) is 0 Å². The van der Waals surface area contributed by atoms with Crippen LogP contribution in [-0.4, -0.2) is 57.5 Å². The van der Waals surface area contributed by atoms with Crippen LogP contribution in [0.5, 0.6) is 0 Å². The average molecular weight is 348 g/mol. The van der Waals surface area contributed by atoms with E-state index >= 15 is 0 Å². The number of anilines is 1. The van der Waals surface area contributed by atoms with Crippen LogP contribution in [0.25, 0.3) is 0 Å². The van der Waals surface area contributed by atoms with Crippen molar-refractivity contribution in [2.75, 3.05) is 32.1 Å². The Labute approximate surface area is 143 Å². The minimum atomic E-state index is -0.173. The highest BCUT2D eigenvalue weighted by atomic mass is 32.1. The van der Waals surface area contributed by atoms with Gasteiger partial charge in [0.1, 0.15) is 4.88 Å². The molecule has 8 nitrogen and oxygen atoms in total. The molecule has 1 saturated heterocycles. The van der Waals surface area contributed by atoms with Gasteiger partial charge in [-0.1, -0.05) is 11.4 Å². The maximum Gasteiger partial charge on any atom is 0.267 e. The van der Waals surface area contributed by atoms with E-state index in [1.807, 2.05) is 21.0 Å². The Morgan fingerprint density at radius 2 is 2.29 bits per heavy atom. The summed E-state index contributed by atoms with van der Waals surface area (Å²) in [5.74, 6) is 0.574. The first kappa shape index (κ1) is 16.6. The van der Waals surface area contributed by atoms with Crippen LogP contribution in [-0.2, 0) is 6.42 Å². The number of H-pyrrole nitrogens is 1. The van der Waals surface area contributed by atoms with Crippen LogP contribution in [0.2, 0.25) is 0 Å². The van der Waals surface area contributed by atoms with Crippen molar-refractivity contribution in [1.82, 2.24) is 24.5 Å². The Hall–Kier alpha value is -2.29. The Balaban J connectivity index is 1.78. The van der Waals surface area contributed by atoms with Crippen molar-refractivity contribution in [3.8, 4) is 0 Å². The van der Waals surface area contributed by atoms with Crippen LogP contribution in [0, 0.1) is 0 Å². The zero-order valence-electron chi connectivity index (χ0n) is 13.9. The fraction of sp³-hybridized carbons (Fsp3) is 0.533. The number of nitrogens with one attached hydrogen (secondary N) is 1. The number of amides is 1. The molecule has 0 aromatic carbocycles. The second kappa shape index (κ2) is 6.68. The Bertz CT molecular complexity index is 799. The molecule has 1 aliphatic heterocycles. The largest absolute Gasteiger partial charge is 0.348 e. The van der Waals surface area contributed by atoms with Gasteiger partial charge in [-0.3, -0.25) is 14.6 Å². The molecule has 24 heavy (non-hydrogen) atoms. The molecule has 0 bridgehead atoms. The average Bonchev–Trinajstić information content (AvgIpc) is 3.22. The zero-order chi connectivity index (χ0) is 17.3. The minimum absolute atomic E-state index is 0.0259. The van der Waals surface area contributed by atoms with E-state index < -0.39 is 0 Å². The lowest BCUT2D eigenvalue weighted by atomic mass is 10.1. The number of aryl methyl sites for hydroxylation is 1. The van der Waals surface area contributed by atoms with E-state index in [4.69, 9.17) is 0 Å². The second-order valence-corrected chi connectivity index (χ2v) is 6.78. The summed E-state index contributed by atoms with van der Waals surface area (Å²) in [6.45, 7) is 3.17. The summed E-state index contributed by atoms with van der Waals surface area (Å²) in [4.78, 5) is 35.9. The molecule has 1 amide bonds.